The fourth-order valence-corrected chi connectivity index (χ4v) is 10.1. The van der Waals surface area contributed by atoms with Gasteiger partial charge in [0.1, 0.15) is 11.6 Å². The topological polar surface area (TPSA) is 143 Å². The molecule has 4 aromatic carbocycles. The summed E-state index contributed by atoms with van der Waals surface area (Å²) in [5, 5.41) is 27.4. The van der Waals surface area contributed by atoms with Crippen molar-refractivity contribution < 1.29 is 19.8 Å². The van der Waals surface area contributed by atoms with Gasteiger partial charge in [-0.3, -0.25) is 19.2 Å². The van der Waals surface area contributed by atoms with Crippen molar-refractivity contribution in [3.63, 3.8) is 0 Å². The van der Waals surface area contributed by atoms with Gasteiger partial charge < -0.3 is 20.8 Å². The molecule has 4 N–H and O–H groups in total. The highest BCUT2D eigenvalue weighted by molar-refractivity contribution is 7.66. The van der Waals surface area contributed by atoms with Crippen LogP contribution in [-0.4, -0.2) is 56.7 Å². The molecular weight excluding hydrogens is 663 g/mol. The van der Waals surface area contributed by atoms with Crippen LogP contribution in [0.1, 0.15) is 71.1 Å². The normalized spacial score (nSPS) is 17.0. The zero-order valence-electron chi connectivity index (χ0n) is 29.1. The number of carbonyl (C=O) groups excluding carboxylic acids is 2. The quantitative estimate of drug-likeness (QED) is 0.148. The van der Waals surface area contributed by atoms with Crippen molar-refractivity contribution in [1.82, 2.24) is 20.0 Å². The number of aliphatic hydroxyl groups excluding tert-OH is 2. The van der Waals surface area contributed by atoms with E-state index in [0.717, 1.165) is 5.30 Å². The van der Waals surface area contributed by atoms with Crippen molar-refractivity contribution in [1.29, 1.82) is 0 Å². The summed E-state index contributed by atoms with van der Waals surface area (Å²) in [4.78, 5) is 57.6. The Morgan fingerprint density at radius 3 is 1.37 bits per heavy atom. The lowest BCUT2D eigenvalue weighted by Gasteiger charge is -2.28. The number of carbonyl (C=O) groups is 2. The summed E-state index contributed by atoms with van der Waals surface area (Å²) >= 11 is 0. The van der Waals surface area contributed by atoms with Gasteiger partial charge in [0.15, 0.2) is 0 Å². The Morgan fingerprint density at radius 2 is 0.980 bits per heavy atom. The molecule has 2 amide bonds. The molecule has 1 aliphatic rings. The van der Waals surface area contributed by atoms with E-state index in [-0.39, 0.29) is 35.8 Å². The van der Waals surface area contributed by atoms with E-state index in [1.54, 1.807) is 60.7 Å². The molecule has 0 unspecified atom stereocenters. The molecular formula is C40H43N4O6P. The maximum atomic E-state index is 14.8. The summed E-state index contributed by atoms with van der Waals surface area (Å²) in [5.41, 5.74) is 0.931. The Hall–Kier alpha value is -4.89. The number of hydrogen-bond acceptors (Lipinski definition) is 6. The SMILES string of the molecule is CC(C)[C@@H](CO)NC(=O)c1ccccc1[C@@H]1n2c(=O)c3ccccc3c(=O)n2[C@@H](c2ccccc2C(=O)N[C@H](CO)C(C)C)P1c1ccccc1. The minimum Gasteiger partial charge on any atom is -0.394 e. The van der Waals surface area contributed by atoms with Crippen LogP contribution in [0.15, 0.2) is 113 Å². The number of benzene rings is 4. The molecule has 0 saturated carbocycles. The second-order valence-corrected chi connectivity index (χ2v) is 15.8. The molecule has 10 nitrogen and oxygen atoms in total. The molecule has 4 atom stereocenters. The van der Waals surface area contributed by atoms with Gasteiger partial charge in [-0.05, 0) is 60.5 Å². The minimum atomic E-state index is -1.63. The van der Waals surface area contributed by atoms with Crippen LogP contribution < -0.4 is 27.1 Å². The van der Waals surface area contributed by atoms with Crippen LogP contribution in [0.5, 0.6) is 0 Å². The summed E-state index contributed by atoms with van der Waals surface area (Å²) in [6.45, 7) is 7.15. The molecule has 0 saturated heterocycles. The standard InChI is InChI=1S/C40H43N4O6P/c1-24(2)33(22-45)41-35(47)27-16-8-12-20-31(27)39-43-37(49)29-18-10-11-19-30(29)38(50)44(43)40(51(39)26-14-6-5-7-15-26)32-21-13-9-17-28(32)36(48)42-34(23-46)25(3)4/h5-21,24-25,33-34,39-40,45-46H,22-23H2,1-4H3,(H,41,47)(H,42,48)/t33-,34-,39-,40-/m1/s1. The largest absolute Gasteiger partial charge is 0.394 e. The summed E-state index contributed by atoms with van der Waals surface area (Å²) in [6.07, 6.45) is 0. The van der Waals surface area contributed by atoms with Gasteiger partial charge in [0.05, 0.1) is 36.1 Å². The van der Waals surface area contributed by atoms with Crippen molar-refractivity contribution in [2.75, 3.05) is 13.2 Å². The minimum absolute atomic E-state index is 0.0412. The highest BCUT2D eigenvalue weighted by Gasteiger charge is 2.47. The lowest BCUT2D eigenvalue weighted by molar-refractivity contribution is 0.0889. The Kier molecular flexibility index (Phi) is 10.7. The van der Waals surface area contributed by atoms with Gasteiger partial charge in [-0.2, -0.15) is 0 Å². The van der Waals surface area contributed by atoms with Crippen molar-refractivity contribution in [2.45, 2.75) is 51.3 Å². The first-order valence-electron chi connectivity index (χ1n) is 17.2. The molecule has 0 aliphatic carbocycles. The monoisotopic (exact) mass is 706 g/mol. The second kappa shape index (κ2) is 15.2. The van der Waals surface area contributed by atoms with Crippen LogP contribution in [0.3, 0.4) is 0 Å². The summed E-state index contributed by atoms with van der Waals surface area (Å²) in [6, 6.07) is 29.4. The van der Waals surface area contributed by atoms with Gasteiger partial charge in [-0.1, -0.05) is 107 Å². The zero-order valence-corrected chi connectivity index (χ0v) is 30.0. The molecule has 0 bridgehead atoms. The predicted octanol–water partition coefficient (Wildman–Crippen LogP) is 4.57. The molecule has 6 rings (SSSR count). The van der Waals surface area contributed by atoms with Gasteiger partial charge in [0, 0.05) is 11.1 Å². The molecule has 5 aromatic rings. The Bertz CT molecular complexity index is 2050. The number of nitrogens with one attached hydrogen (secondary N) is 2. The Morgan fingerprint density at radius 1 is 0.608 bits per heavy atom. The third kappa shape index (κ3) is 6.67. The molecule has 1 aromatic heterocycles. The van der Waals surface area contributed by atoms with Crippen LogP contribution in [0, 0.1) is 11.8 Å². The average molecular weight is 707 g/mol. The third-order valence-electron chi connectivity index (χ3n) is 9.68. The summed E-state index contributed by atoms with van der Waals surface area (Å²) in [5.74, 6) is -2.50. The van der Waals surface area contributed by atoms with E-state index in [4.69, 9.17) is 0 Å². The molecule has 0 fully saturated rings. The first-order chi connectivity index (χ1) is 24.6. The number of nitrogens with zero attached hydrogens (tertiary/aromatic N) is 2. The number of hydrogen-bond donors (Lipinski definition) is 4. The number of fused-ring (bicyclic) bond motifs is 2. The molecule has 11 heteroatoms. The van der Waals surface area contributed by atoms with Crippen molar-refractivity contribution >= 4 is 35.8 Å². The lowest BCUT2D eigenvalue weighted by Crippen LogP contribution is -2.42. The van der Waals surface area contributed by atoms with Crippen molar-refractivity contribution in [3.05, 3.63) is 146 Å². The van der Waals surface area contributed by atoms with E-state index in [0.29, 0.717) is 22.3 Å². The van der Waals surface area contributed by atoms with Gasteiger partial charge in [0.2, 0.25) is 0 Å². The summed E-state index contributed by atoms with van der Waals surface area (Å²) in [7, 11) is -1.63. The van der Waals surface area contributed by atoms with E-state index in [2.05, 4.69) is 10.6 Å². The number of amides is 2. The first-order valence-corrected chi connectivity index (χ1v) is 18.7. The van der Waals surface area contributed by atoms with E-state index >= 15 is 0 Å². The number of rotatable bonds is 11. The highest BCUT2D eigenvalue weighted by atomic mass is 31.1. The van der Waals surface area contributed by atoms with Crippen LogP contribution >= 0.6 is 7.92 Å². The van der Waals surface area contributed by atoms with Crippen LogP contribution in [-0.2, 0) is 0 Å². The third-order valence-corrected chi connectivity index (χ3v) is 12.6. The molecule has 1 aliphatic heterocycles. The van der Waals surface area contributed by atoms with Crippen molar-refractivity contribution in [2.24, 2.45) is 11.8 Å². The van der Waals surface area contributed by atoms with Crippen LogP contribution in [0.2, 0.25) is 0 Å². The van der Waals surface area contributed by atoms with E-state index in [1.165, 1.54) is 9.36 Å². The van der Waals surface area contributed by atoms with Gasteiger partial charge in [-0.15, -0.1) is 0 Å². The molecule has 2 heterocycles. The highest BCUT2D eigenvalue weighted by Crippen LogP contribution is 2.65. The number of aliphatic hydroxyl groups is 2. The van der Waals surface area contributed by atoms with E-state index in [1.807, 2.05) is 70.2 Å². The molecule has 0 radical (unpaired) electrons. The van der Waals surface area contributed by atoms with E-state index in [9.17, 15) is 29.4 Å². The second-order valence-electron chi connectivity index (χ2n) is 13.5. The maximum absolute atomic E-state index is 14.8. The smallest absolute Gasteiger partial charge is 0.274 e. The zero-order chi connectivity index (χ0) is 36.4. The van der Waals surface area contributed by atoms with Crippen molar-refractivity contribution in [3.8, 4) is 0 Å². The van der Waals surface area contributed by atoms with Gasteiger partial charge >= 0.3 is 0 Å². The fourth-order valence-electron chi connectivity index (χ4n) is 6.77. The Labute approximate surface area is 297 Å². The molecule has 0 spiro atoms. The predicted molar refractivity (Wildman–Crippen MR) is 201 cm³/mol. The van der Waals surface area contributed by atoms with Crippen LogP contribution in [0.4, 0.5) is 0 Å². The molecule has 264 valence electrons. The number of aromatic nitrogens is 2. The summed E-state index contributed by atoms with van der Waals surface area (Å²) < 4.78 is 2.98. The van der Waals surface area contributed by atoms with Gasteiger partial charge in [-0.25, -0.2) is 9.36 Å². The van der Waals surface area contributed by atoms with Gasteiger partial charge in [0.25, 0.3) is 22.9 Å². The average Bonchev–Trinajstić information content (AvgIpc) is 3.51. The maximum Gasteiger partial charge on any atom is 0.274 e. The fraction of sp³-hybridized carbons (Fsp3) is 0.300. The van der Waals surface area contributed by atoms with Crippen LogP contribution in [0.25, 0.3) is 10.8 Å². The lowest BCUT2D eigenvalue weighted by atomic mass is 10.0. The van der Waals surface area contributed by atoms with E-state index < -0.39 is 54.5 Å². The molecule has 51 heavy (non-hydrogen) atoms. The first kappa shape index (κ1) is 35.9. The Balaban J connectivity index is 1.67.